The van der Waals surface area contributed by atoms with Gasteiger partial charge in [-0.25, -0.2) is 4.98 Å². The molecule has 116 valence electrons. The maximum absolute atomic E-state index is 11.5. The molecule has 0 aliphatic heterocycles. The van der Waals surface area contributed by atoms with E-state index in [0.717, 1.165) is 11.0 Å². The molecule has 0 spiro atoms. The van der Waals surface area contributed by atoms with Gasteiger partial charge in [-0.3, -0.25) is 4.79 Å². The second-order valence-corrected chi connectivity index (χ2v) is 6.79. The van der Waals surface area contributed by atoms with E-state index in [1.54, 1.807) is 11.8 Å². The fraction of sp³-hybridized carbons (Fsp3) is 0.571. The summed E-state index contributed by atoms with van der Waals surface area (Å²) in [5.41, 5.74) is 0.410. The van der Waals surface area contributed by atoms with Gasteiger partial charge in [-0.15, -0.1) is 10.2 Å². The molecule has 2 heterocycles. The number of hydrogen-bond donors (Lipinski definition) is 2. The van der Waals surface area contributed by atoms with Gasteiger partial charge in [-0.2, -0.15) is 0 Å². The second-order valence-electron chi connectivity index (χ2n) is 5.85. The lowest BCUT2D eigenvalue weighted by Crippen LogP contribution is -2.12. The Kier molecular flexibility index (Phi) is 3.50. The summed E-state index contributed by atoms with van der Waals surface area (Å²) in [5, 5.41) is 18.7. The highest BCUT2D eigenvalue weighted by atomic mass is 32.2. The van der Waals surface area contributed by atoms with Crippen molar-refractivity contribution in [1.82, 2.24) is 24.7 Å². The van der Waals surface area contributed by atoms with Crippen LogP contribution in [0.15, 0.2) is 16.0 Å². The maximum atomic E-state index is 11.5. The molecule has 0 radical (unpaired) electrons. The Hall–Kier alpha value is -1.67. The van der Waals surface area contributed by atoms with E-state index in [4.69, 9.17) is 5.11 Å². The molecule has 2 aliphatic carbocycles. The van der Waals surface area contributed by atoms with E-state index in [9.17, 15) is 4.79 Å². The van der Waals surface area contributed by atoms with Gasteiger partial charge in [-0.1, -0.05) is 11.8 Å². The predicted octanol–water partition coefficient (Wildman–Crippen LogP) is 1.36. The van der Waals surface area contributed by atoms with Crippen LogP contribution >= 0.6 is 11.8 Å². The van der Waals surface area contributed by atoms with E-state index in [0.29, 0.717) is 29.2 Å². The summed E-state index contributed by atoms with van der Waals surface area (Å²) in [6, 6.07) is 2.01. The third-order valence-electron chi connectivity index (χ3n) is 3.89. The highest BCUT2D eigenvalue weighted by Crippen LogP contribution is 2.46. The molecular weight excluding hydrogens is 302 g/mol. The van der Waals surface area contributed by atoms with Gasteiger partial charge in [0.2, 0.25) is 0 Å². The molecule has 2 aromatic heterocycles. The van der Waals surface area contributed by atoms with Crippen LogP contribution in [-0.2, 0) is 12.4 Å². The molecule has 0 unspecified atom stereocenters. The van der Waals surface area contributed by atoms with Crippen LogP contribution in [0.25, 0.3) is 0 Å². The quantitative estimate of drug-likeness (QED) is 0.780. The van der Waals surface area contributed by atoms with Crippen LogP contribution in [0.3, 0.4) is 0 Å². The lowest BCUT2D eigenvalue weighted by Gasteiger charge is -2.08. The van der Waals surface area contributed by atoms with Gasteiger partial charge in [0.05, 0.1) is 5.69 Å². The number of aromatic nitrogens is 5. The Morgan fingerprint density at radius 1 is 1.32 bits per heavy atom. The fourth-order valence-electron chi connectivity index (χ4n) is 2.53. The zero-order chi connectivity index (χ0) is 15.1. The molecule has 2 N–H and O–H groups in total. The van der Waals surface area contributed by atoms with Crippen LogP contribution in [0.2, 0.25) is 0 Å². The van der Waals surface area contributed by atoms with Crippen molar-refractivity contribution in [3.05, 3.63) is 33.8 Å². The summed E-state index contributed by atoms with van der Waals surface area (Å²) < 4.78 is 2.28. The number of aromatic amines is 1. The normalized spacial score (nSPS) is 17.9. The Labute approximate surface area is 131 Å². The van der Waals surface area contributed by atoms with Crippen molar-refractivity contribution >= 4 is 11.8 Å². The molecule has 22 heavy (non-hydrogen) atoms. The van der Waals surface area contributed by atoms with Gasteiger partial charge in [0.1, 0.15) is 18.3 Å². The highest BCUT2D eigenvalue weighted by molar-refractivity contribution is 7.98. The van der Waals surface area contributed by atoms with Gasteiger partial charge in [0, 0.05) is 23.8 Å². The lowest BCUT2D eigenvalue weighted by atomic mass is 10.4. The summed E-state index contributed by atoms with van der Waals surface area (Å²) in [4.78, 5) is 18.3. The molecule has 2 saturated carbocycles. The van der Waals surface area contributed by atoms with Gasteiger partial charge in [-0.05, 0) is 25.7 Å². The zero-order valence-corrected chi connectivity index (χ0v) is 12.8. The molecule has 7 nitrogen and oxygen atoms in total. The third kappa shape index (κ3) is 2.80. The number of nitrogens with zero attached hydrogens (tertiary/aromatic N) is 4. The summed E-state index contributed by atoms with van der Waals surface area (Å²) in [6.07, 6.45) is 4.82. The zero-order valence-electron chi connectivity index (χ0n) is 12.0. The number of nitrogens with one attached hydrogen (secondary N) is 1. The number of thioether (sulfide) groups is 1. The molecule has 2 fully saturated rings. The van der Waals surface area contributed by atoms with Crippen LogP contribution in [-0.4, -0.2) is 29.8 Å². The summed E-state index contributed by atoms with van der Waals surface area (Å²) in [7, 11) is 0. The first kappa shape index (κ1) is 14.0. The standard InChI is InChI=1S/C14H17N5O2S/c20-6-11-15-9(5-12(21)16-11)7-22-14-18-17-13(8-1-2-8)19(14)10-3-4-10/h5,8,10,20H,1-4,6-7H2,(H,15,16,21). The van der Waals surface area contributed by atoms with Crippen LogP contribution in [0, 0.1) is 0 Å². The largest absolute Gasteiger partial charge is 0.388 e. The minimum absolute atomic E-state index is 0.239. The first-order valence-electron chi connectivity index (χ1n) is 7.52. The Morgan fingerprint density at radius 2 is 2.14 bits per heavy atom. The Bertz CT molecular complexity index is 748. The van der Waals surface area contributed by atoms with Crippen molar-refractivity contribution in [2.75, 3.05) is 0 Å². The number of aliphatic hydroxyl groups excluding tert-OH is 1. The van der Waals surface area contributed by atoms with Crippen LogP contribution in [0.1, 0.15) is 55.0 Å². The topological polar surface area (TPSA) is 96.7 Å². The minimum atomic E-state index is -0.266. The van der Waals surface area contributed by atoms with E-state index in [-0.39, 0.29) is 12.2 Å². The van der Waals surface area contributed by atoms with E-state index in [1.807, 2.05) is 0 Å². The number of rotatable bonds is 6. The third-order valence-corrected chi connectivity index (χ3v) is 4.86. The number of hydrogen-bond acceptors (Lipinski definition) is 6. The second kappa shape index (κ2) is 5.51. The van der Waals surface area contributed by atoms with E-state index in [2.05, 4.69) is 24.7 Å². The van der Waals surface area contributed by atoms with Crippen molar-refractivity contribution in [2.24, 2.45) is 0 Å². The van der Waals surface area contributed by atoms with Gasteiger partial charge in [0.15, 0.2) is 5.16 Å². The minimum Gasteiger partial charge on any atom is -0.388 e. The van der Waals surface area contributed by atoms with Crippen molar-refractivity contribution in [1.29, 1.82) is 0 Å². The molecular formula is C14H17N5O2S. The van der Waals surface area contributed by atoms with Gasteiger partial charge >= 0.3 is 0 Å². The van der Waals surface area contributed by atoms with Crippen LogP contribution in [0.5, 0.6) is 0 Å². The predicted molar refractivity (Wildman–Crippen MR) is 80.6 cm³/mol. The van der Waals surface area contributed by atoms with Crippen LogP contribution in [0.4, 0.5) is 0 Å². The van der Waals surface area contributed by atoms with Gasteiger partial charge < -0.3 is 14.7 Å². The van der Waals surface area contributed by atoms with Crippen molar-refractivity contribution in [3.63, 3.8) is 0 Å². The molecule has 0 amide bonds. The lowest BCUT2D eigenvalue weighted by molar-refractivity contribution is 0.270. The Morgan fingerprint density at radius 3 is 2.82 bits per heavy atom. The van der Waals surface area contributed by atoms with Gasteiger partial charge in [0.25, 0.3) is 5.56 Å². The first-order valence-corrected chi connectivity index (χ1v) is 8.50. The molecule has 2 aliphatic rings. The summed E-state index contributed by atoms with van der Waals surface area (Å²) >= 11 is 1.55. The van der Waals surface area contributed by atoms with Crippen molar-refractivity contribution in [2.45, 2.75) is 55.2 Å². The van der Waals surface area contributed by atoms with E-state index in [1.165, 1.54) is 31.7 Å². The molecule has 0 aromatic carbocycles. The summed E-state index contributed by atoms with van der Waals surface area (Å²) in [5.74, 6) is 2.55. The maximum Gasteiger partial charge on any atom is 0.251 e. The molecule has 2 aromatic rings. The molecule has 8 heteroatoms. The van der Waals surface area contributed by atoms with Crippen LogP contribution < -0.4 is 5.56 Å². The number of aliphatic hydroxyl groups is 1. The summed E-state index contributed by atoms with van der Waals surface area (Å²) in [6.45, 7) is -0.266. The SMILES string of the molecule is O=c1cc(CSc2nnc(C3CC3)n2C2CC2)nc(CO)[nH]1. The molecule has 0 atom stereocenters. The molecule has 4 rings (SSSR count). The molecule has 0 bridgehead atoms. The number of H-pyrrole nitrogens is 1. The highest BCUT2D eigenvalue weighted by Gasteiger charge is 2.36. The fourth-order valence-corrected chi connectivity index (χ4v) is 3.44. The average Bonchev–Trinajstić information content (AvgIpc) is 3.43. The van der Waals surface area contributed by atoms with E-state index >= 15 is 0 Å². The van der Waals surface area contributed by atoms with Crippen molar-refractivity contribution in [3.8, 4) is 0 Å². The smallest absolute Gasteiger partial charge is 0.251 e. The first-order chi connectivity index (χ1) is 10.7. The average molecular weight is 319 g/mol. The monoisotopic (exact) mass is 319 g/mol. The van der Waals surface area contributed by atoms with Crippen molar-refractivity contribution < 1.29 is 5.11 Å². The molecule has 0 saturated heterocycles. The van der Waals surface area contributed by atoms with E-state index < -0.39 is 0 Å². The Balaban J connectivity index is 1.54.